The highest BCUT2D eigenvalue weighted by Crippen LogP contribution is 2.17. The minimum Gasteiger partial charge on any atom is -0.333 e. The molecular weight excluding hydrogens is 234 g/mol. The molecule has 102 valence electrons. The second-order valence-corrected chi connectivity index (χ2v) is 5.04. The van der Waals surface area contributed by atoms with Crippen LogP contribution in [0.25, 0.3) is 0 Å². The molecule has 1 heterocycles. The van der Waals surface area contributed by atoms with Crippen LogP contribution in [0.15, 0.2) is 36.8 Å². The average Bonchev–Trinajstić information content (AvgIpc) is 2.84. The van der Waals surface area contributed by atoms with Crippen molar-refractivity contribution in [2.24, 2.45) is 0 Å². The monoisotopic (exact) mass is 257 g/mol. The van der Waals surface area contributed by atoms with Crippen molar-refractivity contribution >= 4 is 0 Å². The van der Waals surface area contributed by atoms with Gasteiger partial charge >= 0.3 is 0 Å². The summed E-state index contributed by atoms with van der Waals surface area (Å²) in [6.45, 7) is 8.45. The highest BCUT2D eigenvalue weighted by Gasteiger charge is 2.08. The molecule has 0 aliphatic rings. The second-order valence-electron chi connectivity index (χ2n) is 5.04. The fourth-order valence-corrected chi connectivity index (χ4v) is 2.38. The predicted octanol–water partition coefficient (Wildman–Crippen LogP) is 3.45. The topological polar surface area (TPSA) is 29.9 Å². The molecule has 1 aromatic heterocycles. The van der Waals surface area contributed by atoms with Crippen LogP contribution < -0.4 is 5.32 Å². The Labute approximate surface area is 115 Å². The lowest BCUT2D eigenvalue weighted by atomic mass is 10.0. The van der Waals surface area contributed by atoms with E-state index >= 15 is 0 Å². The fraction of sp³-hybridized carbons (Fsp3) is 0.438. The summed E-state index contributed by atoms with van der Waals surface area (Å²) >= 11 is 0. The third-order valence-electron chi connectivity index (χ3n) is 3.51. The first-order valence-electron chi connectivity index (χ1n) is 7.00. The molecule has 2 aromatic rings. The van der Waals surface area contributed by atoms with Gasteiger partial charge in [-0.25, -0.2) is 4.98 Å². The standard InChI is InChI=1S/C16H23N3/c1-4-9-19-12-17-10-15(19)11-18-14(3)16-8-6-5-7-13(16)2/h5-8,10,12,14,18H,4,9,11H2,1-3H3. The molecular formula is C16H23N3. The Bertz CT molecular complexity index is 516. The van der Waals surface area contributed by atoms with Crippen molar-refractivity contribution < 1.29 is 0 Å². The molecule has 1 atom stereocenters. The number of hydrogen-bond acceptors (Lipinski definition) is 2. The summed E-state index contributed by atoms with van der Waals surface area (Å²) in [6.07, 6.45) is 5.00. The van der Waals surface area contributed by atoms with Crippen LogP contribution in [0.1, 0.15) is 43.1 Å². The molecule has 0 fully saturated rings. The molecule has 0 aliphatic heterocycles. The van der Waals surface area contributed by atoms with E-state index in [1.807, 2.05) is 12.5 Å². The Morgan fingerprint density at radius 3 is 2.84 bits per heavy atom. The van der Waals surface area contributed by atoms with Gasteiger partial charge in [0.15, 0.2) is 0 Å². The number of rotatable bonds is 6. The van der Waals surface area contributed by atoms with Gasteiger partial charge in [0, 0.05) is 25.3 Å². The Morgan fingerprint density at radius 1 is 1.32 bits per heavy atom. The number of nitrogens with one attached hydrogen (secondary N) is 1. The summed E-state index contributed by atoms with van der Waals surface area (Å²) in [5.41, 5.74) is 3.95. The van der Waals surface area contributed by atoms with E-state index in [0.29, 0.717) is 6.04 Å². The maximum atomic E-state index is 4.23. The molecule has 3 heteroatoms. The van der Waals surface area contributed by atoms with Gasteiger partial charge in [-0.05, 0) is 31.4 Å². The Hall–Kier alpha value is -1.61. The lowest BCUT2D eigenvalue weighted by Gasteiger charge is -2.17. The SMILES string of the molecule is CCCn1cncc1CNC(C)c1ccccc1C. The van der Waals surface area contributed by atoms with Crippen LogP contribution in [-0.2, 0) is 13.1 Å². The zero-order chi connectivity index (χ0) is 13.7. The van der Waals surface area contributed by atoms with Gasteiger partial charge in [-0.15, -0.1) is 0 Å². The van der Waals surface area contributed by atoms with Crippen LogP contribution in [0, 0.1) is 6.92 Å². The van der Waals surface area contributed by atoms with Gasteiger partial charge in [-0.2, -0.15) is 0 Å². The predicted molar refractivity (Wildman–Crippen MR) is 79.0 cm³/mol. The molecule has 0 radical (unpaired) electrons. The van der Waals surface area contributed by atoms with Crippen LogP contribution >= 0.6 is 0 Å². The molecule has 0 bridgehead atoms. The van der Waals surface area contributed by atoms with Crippen LogP contribution in [0.3, 0.4) is 0 Å². The number of aromatic nitrogens is 2. The second kappa shape index (κ2) is 6.53. The van der Waals surface area contributed by atoms with E-state index in [1.54, 1.807) is 0 Å². The molecule has 0 aliphatic carbocycles. The van der Waals surface area contributed by atoms with E-state index in [9.17, 15) is 0 Å². The maximum absolute atomic E-state index is 4.23. The van der Waals surface area contributed by atoms with Crippen molar-refractivity contribution in [3.8, 4) is 0 Å². The van der Waals surface area contributed by atoms with Crippen molar-refractivity contribution in [2.45, 2.75) is 46.3 Å². The van der Waals surface area contributed by atoms with Gasteiger partial charge in [0.05, 0.1) is 12.0 Å². The van der Waals surface area contributed by atoms with Crippen molar-refractivity contribution in [2.75, 3.05) is 0 Å². The van der Waals surface area contributed by atoms with Crippen molar-refractivity contribution in [3.63, 3.8) is 0 Å². The van der Waals surface area contributed by atoms with E-state index in [-0.39, 0.29) is 0 Å². The summed E-state index contributed by atoms with van der Waals surface area (Å²) in [7, 11) is 0. The molecule has 19 heavy (non-hydrogen) atoms. The van der Waals surface area contributed by atoms with Crippen LogP contribution in [-0.4, -0.2) is 9.55 Å². The summed E-state index contributed by atoms with van der Waals surface area (Å²) < 4.78 is 2.22. The third-order valence-corrected chi connectivity index (χ3v) is 3.51. The van der Waals surface area contributed by atoms with Crippen LogP contribution in [0.5, 0.6) is 0 Å². The zero-order valence-corrected chi connectivity index (χ0v) is 12.1. The first-order chi connectivity index (χ1) is 9.22. The molecule has 1 N–H and O–H groups in total. The molecule has 1 aromatic carbocycles. The largest absolute Gasteiger partial charge is 0.333 e. The van der Waals surface area contributed by atoms with Gasteiger partial charge in [-0.1, -0.05) is 31.2 Å². The number of hydrogen-bond donors (Lipinski definition) is 1. The first-order valence-corrected chi connectivity index (χ1v) is 7.00. The molecule has 1 unspecified atom stereocenters. The van der Waals surface area contributed by atoms with Gasteiger partial charge in [0.1, 0.15) is 0 Å². The average molecular weight is 257 g/mol. The molecule has 0 spiro atoms. The van der Waals surface area contributed by atoms with Gasteiger partial charge in [0.2, 0.25) is 0 Å². The maximum Gasteiger partial charge on any atom is 0.0948 e. The summed E-state index contributed by atoms with van der Waals surface area (Å²) in [5, 5.41) is 3.58. The molecule has 0 saturated carbocycles. The van der Waals surface area contributed by atoms with E-state index in [2.05, 4.69) is 59.9 Å². The van der Waals surface area contributed by atoms with E-state index in [0.717, 1.165) is 19.5 Å². The van der Waals surface area contributed by atoms with E-state index < -0.39 is 0 Å². The molecule has 3 nitrogen and oxygen atoms in total. The Balaban J connectivity index is 1.98. The number of imidazole rings is 1. The van der Waals surface area contributed by atoms with Gasteiger partial charge < -0.3 is 9.88 Å². The summed E-state index contributed by atoms with van der Waals surface area (Å²) in [6, 6.07) is 8.89. The zero-order valence-electron chi connectivity index (χ0n) is 12.1. The lowest BCUT2D eigenvalue weighted by Crippen LogP contribution is -2.20. The minimum atomic E-state index is 0.353. The third kappa shape index (κ3) is 3.44. The Kier molecular flexibility index (Phi) is 4.74. The number of aryl methyl sites for hydroxylation is 2. The van der Waals surface area contributed by atoms with E-state index in [4.69, 9.17) is 0 Å². The van der Waals surface area contributed by atoms with Gasteiger partial charge in [-0.3, -0.25) is 0 Å². The molecule has 2 rings (SSSR count). The molecule has 0 amide bonds. The Morgan fingerprint density at radius 2 is 2.11 bits per heavy atom. The van der Waals surface area contributed by atoms with Crippen molar-refractivity contribution in [3.05, 3.63) is 53.6 Å². The quantitative estimate of drug-likeness (QED) is 0.859. The minimum absolute atomic E-state index is 0.353. The number of benzene rings is 1. The fourth-order valence-electron chi connectivity index (χ4n) is 2.38. The lowest BCUT2D eigenvalue weighted by molar-refractivity contribution is 0.540. The first kappa shape index (κ1) is 13.8. The summed E-state index contributed by atoms with van der Waals surface area (Å²) in [4.78, 5) is 4.23. The smallest absolute Gasteiger partial charge is 0.0948 e. The number of nitrogens with zero attached hydrogens (tertiary/aromatic N) is 2. The van der Waals surface area contributed by atoms with Crippen LogP contribution in [0.4, 0.5) is 0 Å². The normalized spacial score (nSPS) is 12.6. The van der Waals surface area contributed by atoms with Crippen molar-refractivity contribution in [1.29, 1.82) is 0 Å². The highest BCUT2D eigenvalue weighted by molar-refractivity contribution is 5.28. The summed E-state index contributed by atoms with van der Waals surface area (Å²) in [5.74, 6) is 0. The van der Waals surface area contributed by atoms with Crippen molar-refractivity contribution in [1.82, 2.24) is 14.9 Å². The highest BCUT2D eigenvalue weighted by atomic mass is 15.1. The van der Waals surface area contributed by atoms with E-state index in [1.165, 1.54) is 16.8 Å². The van der Waals surface area contributed by atoms with Crippen LogP contribution in [0.2, 0.25) is 0 Å². The molecule has 0 saturated heterocycles. The van der Waals surface area contributed by atoms with Gasteiger partial charge in [0.25, 0.3) is 0 Å².